The van der Waals surface area contributed by atoms with Crippen LogP contribution in [0.25, 0.3) is 10.8 Å². The first-order chi connectivity index (χ1) is 10.6. The Balaban J connectivity index is 1.95. The van der Waals surface area contributed by atoms with Crippen LogP contribution in [0.2, 0.25) is 0 Å². The molecule has 0 aliphatic rings. The Morgan fingerprint density at radius 1 is 0.909 bits per heavy atom. The van der Waals surface area contributed by atoms with Crippen molar-refractivity contribution in [2.45, 2.75) is 13.8 Å². The van der Waals surface area contributed by atoms with Gasteiger partial charge in [-0.15, -0.1) is 0 Å². The van der Waals surface area contributed by atoms with Crippen molar-refractivity contribution in [3.63, 3.8) is 0 Å². The van der Waals surface area contributed by atoms with E-state index in [-0.39, 0.29) is 0 Å². The summed E-state index contributed by atoms with van der Waals surface area (Å²) in [6.45, 7) is 4.21. The average molecular weight is 288 g/mol. The van der Waals surface area contributed by atoms with Gasteiger partial charge in [-0.1, -0.05) is 60.2 Å². The quantitative estimate of drug-likeness (QED) is 0.493. The molecule has 22 heavy (non-hydrogen) atoms. The molecule has 0 heterocycles. The van der Waals surface area contributed by atoms with Crippen molar-refractivity contribution in [3.05, 3.63) is 77.4 Å². The normalized spacial score (nSPS) is 11.2. The Bertz CT molecular complexity index is 829. The van der Waals surface area contributed by atoms with Gasteiger partial charge >= 0.3 is 0 Å². The number of hydrogen-bond donors (Lipinski definition) is 0. The van der Waals surface area contributed by atoms with Gasteiger partial charge < -0.3 is 0 Å². The highest BCUT2D eigenvalue weighted by Crippen LogP contribution is 2.25. The molecule has 2 heteroatoms. The van der Waals surface area contributed by atoms with Crippen molar-refractivity contribution in [2.24, 2.45) is 5.10 Å². The molecule has 0 N–H and O–H groups in total. The van der Waals surface area contributed by atoms with E-state index in [9.17, 15) is 0 Å². The second-order valence-electron chi connectivity index (χ2n) is 5.63. The molecule has 0 saturated heterocycles. The Morgan fingerprint density at radius 3 is 2.55 bits per heavy atom. The summed E-state index contributed by atoms with van der Waals surface area (Å²) in [4.78, 5) is 0. The fraction of sp³-hybridized carbons (Fsp3) is 0.150. The number of aryl methyl sites for hydroxylation is 2. The number of nitrogens with zero attached hydrogens (tertiary/aromatic N) is 2. The van der Waals surface area contributed by atoms with Crippen LogP contribution in [0.1, 0.15) is 16.7 Å². The van der Waals surface area contributed by atoms with Crippen molar-refractivity contribution in [1.82, 2.24) is 0 Å². The van der Waals surface area contributed by atoms with Gasteiger partial charge in [0, 0.05) is 12.4 Å². The van der Waals surface area contributed by atoms with Gasteiger partial charge in [0.2, 0.25) is 0 Å². The van der Waals surface area contributed by atoms with Gasteiger partial charge in [0.15, 0.2) is 0 Å². The van der Waals surface area contributed by atoms with Gasteiger partial charge in [0.1, 0.15) is 0 Å². The fourth-order valence-corrected chi connectivity index (χ4v) is 2.60. The van der Waals surface area contributed by atoms with Crippen molar-refractivity contribution in [2.75, 3.05) is 12.1 Å². The topological polar surface area (TPSA) is 15.6 Å². The molecular formula is C20H20N2. The minimum absolute atomic E-state index is 1.11. The molecule has 0 saturated carbocycles. The zero-order chi connectivity index (χ0) is 15.5. The first kappa shape index (κ1) is 14.3. The molecule has 0 bridgehead atoms. The summed E-state index contributed by atoms with van der Waals surface area (Å²) in [5, 5.41) is 9.00. The molecule has 3 aromatic rings. The molecule has 3 rings (SSSR count). The van der Waals surface area contributed by atoms with Gasteiger partial charge in [-0.25, -0.2) is 0 Å². The Kier molecular flexibility index (Phi) is 3.92. The molecule has 0 atom stereocenters. The van der Waals surface area contributed by atoms with Crippen LogP contribution in [0.15, 0.2) is 65.8 Å². The number of rotatable bonds is 3. The van der Waals surface area contributed by atoms with Gasteiger partial charge in [0.05, 0.1) is 11.9 Å². The molecule has 0 aromatic heterocycles. The van der Waals surface area contributed by atoms with E-state index in [1.165, 1.54) is 21.9 Å². The predicted octanol–water partition coefficient (Wildman–Crippen LogP) is 4.93. The highest BCUT2D eigenvalue weighted by atomic mass is 15.4. The molecule has 0 spiro atoms. The maximum absolute atomic E-state index is 4.63. The number of benzene rings is 3. The fourth-order valence-electron chi connectivity index (χ4n) is 2.60. The van der Waals surface area contributed by atoms with Crippen molar-refractivity contribution < 1.29 is 0 Å². The molecule has 0 aliphatic heterocycles. The maximum Gasteiger partial charge on any atom is 0.0668 e. The van der Waals surface area contributed by atoms with Gasteiger partial charge in [-0.05, 0) is 36.4 Å². The van der Waals surface area contributed by atoms with Gasteiger partial charge in [-0.3, -0.25) is 5.01 Å². The van der Waals surface area contributed by atoms with E-state index in [0.717, 1.165) is 11.3 Å². The van der Waals surface area contributed by atoms with Gasteiger partial charge in [-0.2, -0.15) is 5.10 Å². The highest BCUT2D eigenvalue weighted by Gasteiger charge is 2.04. The lowest BCUT2D eigenvalue weighted by molar-refractivity contribution is 1.03. The van der Waals surface area contributed by atoms with E-state index in [2.05, 4.69) is 79.6 Å². The molecular weight excluding hydrogens is 268 g/mol. The second kappa shape index (κ2) is 6.02. The van der Waals surface area contributed by atoms with Crippen LogP contribution >= 0.6 is 0 Å². The Hall–Kier alpha value is -2.61. The summed E-state index contributed by atoms with van der Waals surface area (Å²) in [6.07, 6.45) is 1.93. The molecule has 0 fully saturated rings. The monoisotopic (exact) mass is 288 g/mol. The molecule has 0 aliphatic carbocycles. The number of fused-ring (bicyclic) bond motifs is 1. The zero-order valence-corrected chi connectivity index (χ0v) is 13.2. The lowest BCUT2D eigenvalue weighted by Crippen LogP contribution is -2.09. The van der Waals surface area contributed by atoms with E-state index >= 15 is 0 Å². The molecule has 0 unspecified atom stereocenters. The molecule has 0 radical (unpaired) electrons. The standard InChI is InChI=1S/C20H20N2/c1-15-11-12-16(2)18(13-15)14-21-22(3)20-10-6-8-17-7-4-5-9-19(17)20/h4-14H,1-3H3. The third kappa shape index (κ3) is 2.86. The third-order valence-electron chi connectivity index (χ3n) is 3.92. The summed E-state index contributed by atoms with van der Waals surface area (Å²) in [7, 11) is 1.99. The lowest BCUT2D eigenvalue weighted by atomic mass is 10.1. The molecule has 2 nitrogen and oxygen atoms in total. The molecule has 0 amide bonds. The average Bonchev–Trinajstić information content (AvgIpc) is 2.55. The van der Waals surface area contributed by atoms with Crippen molar-refractivity contribution in [3.8, 4) is 0 Å². The van der Waals surface area contributed by atoms with Crippen LogP contribution in [0, 0.1) is 13.8 Å². The highest BCUT2D eigenvalue weighted by molar-refractivity contribution is 5.94. The predicted molar refractivity (Wildman–Crippen MR) is 95.9 cm³/mol. The van der Waals surface area contributed by atoms with Crippen LogP contribution in [-0.4, -0.2) is 13.3 Å². The van der Waals surface area contributed by atoms with Crippen molar-refractivity contribution in [1.29, 1.82) is 0 Å². The van der Waals surface area contributed by atoms with Crippen LogP contribution in [0.3, 0.4) is 0 Å². The second-order valence-corrected chi connectivity index (χ2v) is 5.63. The van der Waals surface area contributed by atoms with Crippen LogP contribution < -0.4 is 5.01 Å². The zero-order valence-electron chi connectivity index (χ0n) is 13.2. The third-order valence-corrected chi connectivity index (χ3v) is 3.92. The van der Waals surface area contributed by atoms with E-state index in [0.29, 0.717) is 0 Å². The largest absolute Gasteiger partial charge is 0.268 e. The van der Waals surface area contributed by atoms with Crippen LogP contribution in [0.4, 0.5) is 5.69 Å². The summed E-state index contributed by atoms with van der Waals surface area (Å²) in [5.41, 5.74) is 4.76. The summed E-state index contributed by atoms with van der Waals surface area (Å²) >= 11 is 0. The van der Waals surface area contributed by atoms with Gasteiger partial charge in [0.25, 0.3) is 0 Å². The van der Waals surface area contributed by atoms with E-state index in [4.69, 9.17) is 0 Å². The molecule has 3 aromatic carbocycles. The summed E-state index contributed by atoms with van der Waals surface area (Å²) in [5.74, 6) is 0. The Labute approximate surface area is 131 Å². The SMILES string of the molecule is Cc1ccc(C)c(C=NN(C)c2cccc3ccccc23)c1. The van der Waals surface area contributed by atoms with E-state index < -0.39 is 0 Å². The lowest BCUT2D eigenvalue weighted by Gasteiger charge is -2.15. The van der Waals surface area contributed by atoms with E-state index in [1.54, 1.807) is 0 Å². The number of anilines is 1. The minimum atomic E-state index is 1.11. The summed E-state index contributed by atoms with van der Waals surface area (Å²) < 4.78 is 0. The van der Waals surface area contributed by atoms with Crippen LogP contribution in [-0.2, 0) is 0 Å². The summed E-state index contributed by atoms with van der Waals surface area (Å²) in [6, 6.07) is 21.1. The minimum Gasteiger partial charge on any atom is -0.268 e. The first-order valence-electron chi connectivity index (χ1n) is 7.48. The Morgan fingerprint density at radius 2 is 1.68 bits per heavy atom. The number of hydrazone groups is 1. The van der Waals surface area contributed by atoms with Crippen LogP contribution in [0.5, 0.6) is 0 Å². The van der Waals surface area contributed by atoms with Crippen molar-refractivity contribution >= 4 is 22.7 Å². The molecule has 110 valence electrons. The first-order valence-corrected chi connectivity index (χ1v) is 7.48. The van der Waals surface area contributed by atoms with E-state index in [1.807, 2.05) is 18.3 Å². The number of hydrogen-bond acceptors (Lipinski definition) is 2. The maximum atomic E-state index is 4.63. The smallest absolute Gasteiger partial charge is 0.0668 e.